The first-order valence-corrected chi connectivity index (χ1v) is 7.80. The van der Waals surface area contributed by atoms with Crippen LogP contribution >= 0.6 is 0 Å². The summed E-state index contributed by atoms with van der Waals surface area (Å²) in [5, 5.41) is 4.21. The second-order valence-electron chi connectivity index (χ2n) is 7.08. The summed E-state index contributed by atoms with van der Waals surface area (Å²) in [7, 11) is 0. The molecule has 0 radical (unpaired) electrons. The average Bonchev–Trinajstić information content (AvgIpc) is 2.87. The molecule has 3 aliphatic rings. The number of nitrogens with two attached hydrogens (primary N) is 1. The summed E-state index contributed by atoms with van der Waals surface area (Å²) in [6.07, 6.45) is 8.40. The van der Waals surface area contributed by atoms with Crippen LogP contribution in [0, 0.1) is 17.8 Å². The van der Waals surface area contributed by atoms with Gasteiger partial charge in [0, 0.05) is 5.92 Å². The average molecular weight is 261 g/mol. The van der Waals surface area contributed by atoms with Crippen LogP contribution in [0.4, 0.5) is 0 Å². The Balaban J connectivity index is 1.52. The van der Waals surface area contributed by atoms with Crippen LogP contribution in [0.2, 0.25) is 0 Å². The second-order valence-corrected chi connectivity index (χ2v) is 7.08. The number of hydrogen-bond acceptors (Lipinski definition) is 4. The lowest BCUT2D eigenvalue weighted by molar-refractivity contribution is 0.229. The van der Waals surface area contributed by atoms with Crippen molar-refractivity contribution < 1.29 is 4.52 Å². The molecule has 1 aromatic rings. The molecule has 1 aromatic heterocycles. The Labute approximate surface area is 114 Å². The molecule has 0 aliphatic heterocycles. The largest absolute Gasteiger partial charge is 0.339 e. The maximum Gasteiger partial charge on any atom is 0.230 e. The molecular weight excluding hydrogens is 238 g/mol. The van der Waals surface area contributed by atoms with Crippen molar-refractivity contribution in [3.05, 3.63) is 11.7 Å². The molecule has 4 heteroatoms. The fraction of sp³-hybridized carbons (Fsp3) is 0.867. The highest BCUT2D eigenvalue weighted by atomic mass is 16.5. The third-order valence-electron chi connectivity index (χ3n) is 5.75. The van der Waals surface area contributed by atoms with Gasteiger partial charge in [-0.15, -0.1) is 0 Å². The molecule has 2 N–H and O–H groups in total. The van der Waals surface area contributed by atoms with E-state index in [1.165, 1.54) is 32.1 Å². The van der Waals surface area contributed by atoms with Crippen LogP contribution in [-0.4, -0.2) is 10.1 Å². The molecular formula is C15H23N3O. The van der Waals surface area contributed by atoms with E-state index in [1.807, 2.05) is 0 Å². The minimum Gasteiger partial charge on any atom is -0.339 e. The van der Waals surface area contributed by atoms with Crippen molar-refractivity contribution in [1.82, 2.24) is 10.1 Å². The van der Waals surface area contributed by atoms with Gasteiger partial charge in [-0.25, -0.2) is 0 Å². The topological polar surface area (TPSA) is 64.9 Å². The first kappa shape index (κ1) is 11.9. The number of nitrogens with zero attached hydrogens (tertiary/aromatic N) is 2. The fourth-order valence-corrected chi connectivity index (χ4v) is 4.26. The minimum absolute atomic E-state index is 0.335. The third-order valence-corrected chi connectivity index (χ3v) is 5.75. The van der Waals surface area contributed by atoms with E-state index in [0.29, 0.717) is 5.92 Å². The highest BCUT2D eigenvalue weighted by Crippen LogP contribution is 2.62. The van der Waals surface area contributed by atoms with Crippen molar-refractivity contribution in [3.63, 3.8) is 0 Å². The van der Waals surface area contributed by atoms with Crippen LogP contribution in [0.5, 0.6) is 0 Å². The van der Waals surface area contributed by atoms with E-state index in [2.05, 4.69) is 17.1 Å². The van der Waals surface area contributed by atoms with Gasteiger partial charge in [-0.2, -0.15) is 4.98 Å². The summed E-state index contributed by atoms with van der Waals surface area (Å²) in [5.41, 5.74) is 6.17. The quantitative estimate of drug-likeness (QED) is 0.889. The molecule has 3 saturated carbocycles. The number of hydrogen-bond donors (Lipinski definition) is 1. The highest BCUT2D eigenvalue weighted by Gasteiger charge is 2.56. The molecule has 2 atom stereocenters. The maximum atomic E-state index is 6.51. The van der Waals surface area contributed by atoms with Crippen LogP contribution < -0.4 is 5.73 Å². The van der Waals surface area contributed by atoms with E-state index in [-0.39, 0.29) is 5.54 Å². The summed E-state index contributed by atoms with van der Waals surface area (Å²) < 4.78 is 5.53. The van der Waals surface area contributed by atoms with Crippen molar-refractivity contribution in [3.8, 4) is 0 Å². The van der Waals surface area contributed by atoms with Crippen LogP contribution in [0.3, 0.4) is 0 Å². The monoisotopic (exact) mass is 261 g/mol. The maximum absolute atomic E-state index is 6.51. The lowest BCUT2D eigenvalue weighted by Gasteiger charge is -2.33. The molecule has 0 aromatic carbocycles. The van der Waals surface area contributed by atoms with Gasteiger partial charge in [0.2, 0.25) is 5.89 Å². The van der Waals surface area contributed by atoms with Crippen molar-refractivity contribution in [2.75, 3.05) is 0 Å². The van der Waals surface area contributed by atoms with Gasteiger partial charge in [-0.1, -0.05) is 18.5 Å². The van der Waals surface area contributed by atoms with E-state index < -0.39 is 0 Å². The van der Waals surface area contributed by atoms with Gasteiger partial charge in [-0.3, -0.25) is 0 Å². The van der Waals surface area contributed by atoms with Crippen molar-refractivity contribution in [1.29, 1.82) is 0 Å². The summed E-state index contributed by atoms with van der Waals surface area (Å²) in [6, 6.07) is 0. The SMILES string of the molecule is CC1CCC(N)(c2noc(C3C4CCCC43)n2)CC1. The van der Waals surface area contributed by atoms with Crippen molar-refractivity contribution >= 4 is 0 Å². The molecule has 0 amide bonds. The van der Waals surface area contributed by atoms with Gasteiger partial charge in [0.25, 0.3) is 0 Å². The zero-order chi connectivity index (χ0) is 13.0. The van der Waals surface area contributed by atoms with E-state index in [9.17, 15) is 0 Å². The van der Waals surface area contributed by atoms with Gasteiger partial charge >= 0.3 is 0 Å². The van der Waals surface area contributed by atoms with Crippen LogP contribution in [-0.2, 0) is 5.54 Å². The Bertz CT molecular complexity index is 465. The van der Waals surface area contributed by atoms with Gasteiger partial charge in [0.1, 0.15) is 0 Å². The zero-order valence-electron chi connectivity index (χ0n) is 11.6. The molecule has 0 bridgehead atoms. The summed E-state index contributed by atoms with van der Waals surface area (Å²) in [5.74, 6) is 4.63. The van der Waals surface area contributed by atoms with Crippen molar-refractivity contribution in [2.45, 2.75) is 63.3 Å². The molecule has 1 heterocycles. The highest BCUT2D eigenvalue weighted by molar-refractivity contribution is 5.17. The Morgan fingerprint density at radius 1 is 1.16 bits per heavy atom. The lowest BCUT2D eigenvalue weighted by Crippen LogP contribution is -2.41. The Morgan fingerprint density at radius 2 is 1.84 bits per heavy atom. The second kappa shape index (κ2) is 4.05. The van der Waals surface area contributed by atoms with Gasteiger partial charge < -0.3 is 10.3 Å². The predicted molar refractivity (Wildman–Crippen MR) is 71.4 cm³/mol. The third kappa shape index (κ3) is 1.83. The molecule has 4 rings (SSSR count). The molecule has 104 valence electrons. The fourth-order valence-electron chi connectivity index (χ4n) is 4.26. The number of fused-ring (bicyclic) bond motifs is 1. The van der Waals surface area contributed by atoms with Gasteiger partial charge in [-0.05, 0) is 56.3 Å². The summed E-state index contributed by atoms with van der Waals surface area (Å²) in [6.45, 7) is 2.30. The number of rotatable bonds is 2. The molecule has 4 nitrogen and oxygen atoms in total. The first-order chi connectivity index (χ1) is 9.17. The zero-order valence-corrected chi connectivity index (χ0v) is 11.6. The van der Waals surface area contributed by atoms with Crippen LogP contribution in [0.15, 0.2) is 4.52 Å². The molecule has 0 spiro atoms. The first-order valence-electron chi connectivity index (χ1n) is 7.80. The molecule has 3 aliphatic carbocycles. The molecule has 19 heavy (non-hydrogen) atoms. The molecule has 0 saturated heterocycles. The van der Waals surface area contributed by atoms with Gasteiger partial charge in [0.15, 0.2) is 5.82 Å². The molecule has 2 unspecified atom stereocenters. The van der Waals surface area contributed by atoms with E-state index in [1.54, 1.807) is 0 Å². The van der Waals surface area contributed by atoms with Crippen molar-refractivity contribution in [2.24, 2.45) is 23.5 Å². The normalized spacial score (nSPS) is 45.2. The Kier molecular flexibility index (Phi) is 2.53. The molecule has 3 fully saturated rings. The number of aromatic nitrogens is 2. The Morgan fingerprint density at radius 3 is 2.53 bits per heavy atom. The van der Waals surface area contributed by atoms with E-state index in [0.717, 1.165) is 42.3 Å². The van der Waals surface area contributed by atoms with E-state index >= 15 is 0 Å². The van der Waals surface area contributed by atoms with E-state index in [4.69, 9.17) is 10.3 Å². The minimum atomic E-state index is -0.335. The van der Waals surface area contributed by atoms with Gasteiger partial charge in [0.05, 0.1) is 5.54 Å². The van der Waals surface area contributed by atoms with Crippen LogP contribution in [0.25, 0.3) is 0 Å². The Hall–Kier alpha value is -0.900. The standard InChI is InChI=1S/C15H23N3O/c1-9-5-7-15(16,8-6-9)14-17-13(19-18-14)12-10-3-2-4-11(10)12/h9-12H,2-8,16H2,1H3. The predicted octanol–water partition coefficient (Wildman–Crippen LogP) is 2.95. The van der Waals surface area contributed by atoms with Crippen LogP contribution in [0.1, 0.15) is 69.5 Å². The summed E-state index contributed by atoms with van der Waals surface area (Å²) >= 11 is 0. The summed E-state index contributed by atoms with van der Waals surface area (Å²) in [4.78, 5) is 4.67. The smallest absolute Gasteiger partial charge is 0.230 e. The lowest BCUT2D eigenvalue weighted by atomic mass is 9.77.